The van der Waals surface area contributed by atoms with Crippen molar-refractivity contribution in [3.63, 3.8) is 0 Å². The number of hydrogen-bond donors (Lipinski definition) is 0. The lowest BCUT2D eigenvalue weighted by Gasteiger charge is -2.21. The molecule has 138 heavy (non-hydrogen) atoms. The summed E-state index contributed by atoms with van der Waals surface area (Å²) in [6.07, 6.45) is 16.1. The predicted molar refractivity (Wildman–Crippen MR) is 568 cm³/mol. The Morgan fingerprint density at radius 3 is 1.14 bits per heavy atom. The van der Waals surface area contributed by atoms with Crippen LogP contribution in [0, 0.1) is 17.8 Å². The van der Waals surface area contributed by atoms with Crippen LogP contribution in [0.3, 0.4) is 0 Å². The molecule has 6 aromatic rings. The molecule has 22 nitrogen and oxygen atoms in total. The smallest absolute Gasteiger partial charge is 0.333 e. The van der Waals surface area contributed by atoms with Gasteiger partial charge in [0.05, 0.1) is 82.9 Å². The van der Waals surface area contributed by atoms with Gasteiger partial charge in [0.2, 0.25) is 0 Å². The average Bonchev–Trinajstić information content (AvgIpc) is 0.999. The molecule has 7 rings (SSSR count). The molecule has 0 fully saturated rings. The molecule has 0 N–H and O–H groups in total. The van der Waals surface area contributed by atoms with Crippen molar-refractivity contribution in [2.45, 2.75) is 275 Å². The van der Waals surface area contributed by atoms with Gasteiger partial charge < -0.3 is 61.6 Å². The maximum Gasteiger partial charge on any atom is 0.333 e. The van der Waals surface area contributed by atoms with Gasteiger partial charge >= 0.3 is 47.8 Å². The Morgan fingerprint density at radius 2 is 0.761 bits per heavy atom. The van der Waals surface area contributed by atoms with Gasteiger partial charge in [0, 0.05) is 109 Å². The third-order valence-corrected chi connectivity index (χ3v) is 23.3. The zero-order valence-corrected chi connectivity index (χ0v) is 90.3. The van der Waals surface area contributed by atoms with Gasteiger partial charge in [-0.05, 0) is 210 Å². The number of carbonyl (C=O) groups excluding carboxylic acids is 9. The standard InChI is InChI=1S/C20H24O2S2.C19H26O5S.C14H24O2S.C13H22O5.C12H20O5.C11H14O2.C11H14OS.C10H14S/c1-16(2)13-20(21)22-17(14-23-18-9-5-3-6-10-18)15-24-19-11-7-4-8-12-19;1-4-18(20)22-12-8-11-19(21)24-16(13-23-15(2)3)14-25-17-9-6-5-7-10-17;1-11(2)15-9-13(16-12(3)4)10-17-14-7-5-6-8-14;1-10(2)13(15)18-7-5-6-12(14)17-9-8-16-11(3)4;1-4-11(13)16-7-5-6-12(14)17-9-8-15-10(2)3;2*1-9(2)8-11(12)13-10-6-4-3-5-7-10;1-8(2)9-4-6-10(11-3)7-5-9/h3-12,16-17H,13-15H2,1-2H3;4-7,9-10,15-16H,1,8,11-14H2,2-3H3;5,7-8,11-13H,6,9-10H2,1-4H3;11H,1,5-9H2,2-4H3;4,10H,1,5-9H2,2-3H3;2*3-7,9H,8H2,1-2H3;4-8H,1-3H3. The maximum absolute atomic E-state index is 12.0. The molecular weight excluding hydrogens is 1870 g/mol. The number of allylic oxidation sites excluding steroid dienone is 3. The first-order valence-corrected chi connectivity index (χ1v) is 53.2. The fourth-order valence-electron chi connectivity index (χ4n) is 10.4. The van der Waals surface area contributed by atoms with Crippen molar-refractivity contribution in [3.05, 3.63) is 242 Å². The Bertz CT molecular complexity index is 4180. The van der Waals surface area contributed by atoms with Gasteiger partial charge in [-0.1, -0.05) is 208 Å². The van der Waals surface area contributed by atoms with Crippen molar-refractivity contribution in [1.29, 1.82) is 0 Å². The molecule has 2 atom stereocenters. The van der Waals surface area contributed by atoms with Crippen LogP contribution >= 0.6 is 70.6 Å². The van der Waals surface area contributed by atoms with Gasteiger partial charge in [0.25, 0.3) is 0 Å². The van der Waals surface area contributed by atoms with Gasteiger partial charge in [-0.15, -0.1) is 58.8 Å². The van der Waals surface area contributed by atoms with Gasteiger partial charge in [0.15, 0.2) is 5.12 Å². The number of rotatable bonds is 55. The highest BCUT2D eigenvalue weighted by Gasteiger charge is 2.21. The van der Waals surface area contributed by atoms with E-state index >= 15 is 0 Å². The lowest BCUT2D eigenvalue weighted by molar-refractivity contribution is -0.152. The summed E-state index contributed by atoms with van der Waals surface area (Å²) in [4.78, 5) is 109. The third kappa shape index (κ3) is 80.1. The van der Waals surface area contributed by atoms with Crippen LogP contribution in [-0.2, 0) is 100.0 Å². The second-order valence-electron chi connectivity index (χ2n) is 33.8. The van der Waals surface area contributed by atoms with Crippen LogP contribution in [0.25, 0.3) is 0 Å². The van der Waals surface area contributed by atoms with E-state index in [0.717, 1.165) is 45.6 Å². The molecule has 1 aliphatic rings. The minimum absolute atomic E-state index is 0.0706. The first-order chi connectivity index (χ1) is 65.8. The quantitative estimate of drug-likeness (QED) is 0.00857. The van der Waals surface area contributed by atoms with Gasteiger partial charge in [-0.2, -0.15) is 0 Å². The molecule has 0 aliphatic heterocycles. The van der Waals surface area contributed by atoms with Crippen molar-refractivity contribution in [3.8, 4) is 5.75 Å². The number of benzene rings is 6. The van der Waals surface area contributed by atoms with Crippen LogP contribution in [0.2, 0.25) is 0 Å². The SMILES string of the molecule is C=C(C)C(=O)OCCCC(=O)OCCOC(C)C.C=CC(=O)OCCCC(=O)OC(COC(C)C)CSc1ccccc1.C=CC(=O)OCCCC(=O)OCCOC(C)C.CC(C)CC(=O)OC(CSc1ccccc1)CSc1ccccc1.CC(C)CC(=O)Oc1ccccc1.CC(C)CC(=O)Sc1ccccc1.CC(C)OCC(CSC1=CCC=C1)OC(C)C.CSc1ccc(C(C)C)cc1. The number of hydrogen-bond acceptors (Lipinski definition) is 28. The molecule has 0 aromatic heterocycles. The van der Waals surface area contributed by atoms with Gasteiger partial charge in [-0.25, -0.2) is 14.4 Å². The van der Waals surface area contributed by atoms with Crippen molar-refractivity contribution in [2.75, 3.05) is 88.7 Å². The van der Waals surface area contributed by atoms with E-state index in [1.807, 2.05) is 196 Å². The molecule has 0 bridgehead atoms. The monoisotopic (exact) mass is 2020 g/mol. The Labute approximate surface area is 851 Å². The normalized spacial score (nSPS) is 11.5. The van der Waals surface area contributed by atoms with E-state index in [2.05, 4.69) is 148 Å². The Balaban J connectivity index is 0.00000157. The molecule has 6 aromatic carbocycles. The molecule has 0 amide bonds. The summed E-state index contributed by atoms with van der Waals surface area (Å²) >= 11 is 10.1. The van der Waals surface area contributed by atoms with E-state index in [4.69, 9.17) is 61.6 Å². The molecule has 1 aliphatic carbocycles. The molecule has 0 spiro atoms. The number of thioether (sulfide) groups is 6. The molecule has 0 saturated carbocycles. The van der Waals surface area contributed by atoms with E-state index in [1.54, 1.807) is 66.1 Å². The van der Waals surface area contributed by atoms with E-state index in [-0.39, 0.29) is 136 Å². The third-order valence-electron chi connectivity index (χ3n) is 17.0. The van der Waals surface area contributed by atoms with E-state index < -0.39 is 17.9 Å². The van der Waals surface area contributed by atoms with Gasteiger partial charge in [0.1, 0.15) is 31.2 Å². The number of ether oxygens (including phenoxy) is 13. The minimum atomic E-state index is -0.490. The molecule has 0 heterocycles. The molecule has 28 heteroatoms. The second-order valence-corrected chi connectivity index (χ2v) is 40.2. The minimum Gasteiger partial charge on any atom is -0.463 e. The number of esters is 8. The van der Waals surface area contributed by atoms with Crippen LogP contribution in [0.4, 0.5) is 0 Å². The fraction of sp³-hybridized carbons (Fsp3) is 0.500. The summed E-state index contributed by atoms with van der Waals surface area (Å²) in [5.74, 6) is 2.88. The van der Waals surface area contributed by atoms with Crippen LogP contribution in [-0.4, -0.2) is 190 Å². The summed E-state index contributed by atoms with van der Waals surface area (Å²) in [5, 5.41) is 0.251. The zero-order valence-electron chi connectivity index (χ0n) is 85.4. The maximum atomic E-state index is 12.0. The van der Waals surface area contributed by atoms with Crippen LogP contribution in [0.1, 0.15) is 207 Å². The van der Waals surface area contributed by atoms with Crippen LogP contribution in [0.15, 0.2) is 261 Å². The highest BCUT2D eigenvalue weighted by Crippen LogP contribution is 2.28. The zero-order chi connectivity index (χ0) is 103. The van der Waals surface area contributed by atoms with E-state index in [9.17, 15) is 43.2 Å². The number of para-hydroxylation sites is 1. The van der Waals surface area contributed by atoms with Crippen molar-refractivity contribution in [1.82, 2.24) is 0 Å². The lowest BCUT2D eigenvalue weighted by Crippen LogP contribution is -2.27. The molecule has 2 unspecified atom stereocenters. The summed E-state index contributed by atoms with van der Waals surface area (Å²) in [6.45, 7) is 50.9. The number of carbonyl (C=O) groups is 9. The predicted octanol–water partition coefficient (Wildman–Crippen LogP) is 25.8. The van der Waals surface area contributed by atoms with Gasteiger partial charge in [-0.3, -0.25) is 28.8 Å². The highest BCUT2D eigenvalue weighted by atomic mass is 32.2. The first kappa shape index (κ1) is 129. The summed E-state index contributed by atoms with van der Waals surface area (Å²) in [6, 6.07) is 58.1. The van der Waals surface area contributed by atoms with Crippen LogP contribution in [0.5, 0.6) is 5.75 Å². The Morgan fingerprint density at radius 1 is 0.377 bits per heavy atom. The summed E-state index contributed by atoms with van der Waals surface area (Å²) < 4.78 is 68.1. The second kappa shape index (κ2) is 84.1. The topological polar surface area (TPSA) is 274 Å². The summed E-state index contributed by atoms with van der Waals surface area (Å²) in [7, 11) is 0. The van der Waals surface area contributed by atoms with Crippen molar-refractivity contribution >= 4 is 123 Å². The molecule has 0 radical (unpaired) electrons. The van der Waals surface area contributed by atoms with Crippen molar-refractivity contribution in [2.24, 2.45) is 17.8 Å². The van der Waals surface area contributed by atoms with E-state index in [1.165, 1.54) is 36.9 Å². The van der Waals surface area contributed by atoms with Crippen molar-refractivity contribution < 1.29 is 105 Å². The van der Waals surface area contributed by atoms with Crippen LogP contribution < -0.4 is 4.74 Å². The molecule has 766 valence electrons. The molecule has 0 saturated heterocycles. The van der Waals surface area contributed by atoms with E-state index in [0.29, 0.717) is 106 Å². The first-order valence-electron chi connectivity index (χ1n) is 47.2. The fourth-order valence-corrected chi connectivity index (χ4v) is 15.6. The Kier molecular flexibility index (Phi) is 78.8. The lowest BCUT2D eigenvalue weighted by atomic mass is 10.0. The molecular formula is C110H158O22S6. The highest BCUT2D eigenvalue weighted by molar-refractivity contribution is 8.13. The summed E-state index contributed by atoms with van der Waals surface area (Å²) in [5.41, 5.74) is 1.77. The Hall–Kier alpha value is -8.65. The average molecular weight is 2020 g/mol. The largest absolute Gasteiger partial charge is 0.463 e.